The molecule has 2 N–H and O–H groups in total. The molecular weight excluding hydrogens is 349 g/mol. The van der Waals surface area contributed by atoms with Crippen LogP contribution in [0.1, 0.15) is 31.4 Å². The maximum Gasteiger partial charge on any atom is 0.303 e. The number of nitrogens with one attached hydrogen (secondary N) is 1. The van der Waals surface area contributed by atoms with Crippen LogP contribution < -0.4 is 5.43 Å². The van der Waals surface area contributed by atoms with Crippen LogP contribution in [0.5, 0.6) is 0 Å². The second-order valence-electron chi connectivity index (χ2n) is 5.11. The molecule has 7 heteroatoms. The Kier molecular flexibility index (Phi) is 7.03. The summed E-state index contributed by atoms with van der Waals surface area (Å²) in [6.07, 6.45) is 3.72. The van der Waals surface area contributed by atoms with Crippen LogP contribution >= 0.6 is 23.2 Å². The predicted molar refractivity (Wildman–Crippen MR) is 97.0 cm³/mol. The van der Waals surface area contributed by atoms with E-state index < -0.39 is 5.97 Å². The first kappa shape index (κ1) is 18.2. The Morgan fingerprint density at radius 3 is 2.67 bits per heavy atom. The van der Waals surface area contributed by atoms with E-state index in [0.29, 0.717) is 35.0 Å². The molecule has 1 heterocycles. The molecule has 24 heavy (non-hydrogen) atoms. The molecule has 2 aromatic rings. The number of aromatic nitrogens is 1. The van der Waals surface area contributed by atoms with Gasteiger partial charge in [-0.2, -0.15) is 5.10 Å². The molecule has 0 atom stereocenters. The lowest BCUT2D eigenvalue weighted by Crippen LogP contribution is -2.07. The molecule has 126 valence electrons. The molecule has 0 unspecified atom stereocenters. The number of halogens is 2. The monoisotopic (exact) mass is 365 g/mol. The molecule has 5 nitrogen and oxygen atoms in total. The van der Waals surface area contributed by atoms with Gasteiger partial charge in [-0.05, 0) is 49.6 Å². The van der Waals surface area contributed by atoms with Crippen LogP contribution in [0.3, 0.4) is 0 Å². The van der Waals surface area contributed by atoms with Crippen LogP contribution in [0.2, 0.25) is 10.0 Å². The number of aliphatic carboxylic acids is 1. The van der Waals surface area contributed by atoms with Gasteiger partial charge in [-0.3, -0.25) is 15.2 Å². The van der Waals surface area contributed by atoms with E-state index in [1.54, 1.807) is 24.4 Å². The number of carboxylic acids is 1. The fourth-order valence-electron chi connectivity index (χ4n) is 2.05. The Labute approximate surface area is 150 Å². The van der Waals surface area contributed by atoms with Gasteiger partial charge in [-0.15, -0.1) is 0 Å². The molecule has 0 aliphatic rings. The molecular formula is C17H17Cl2N3O2. The van der Waals surface area contributed by atoms with Crippen molar-refractivity contribution >= 4 is 40.6 Å². The number of hydrazone groups is 1. The lowest BCUT2D eigenvalue weighted by atomic mass is 10.1. The van der Waals surface area contributed by atoms with E-state index in [1.807, 2.05) is 18.2 Å². The summed E-state index contributed by atoms with van der Waals surface area (Å²) in [6, 6.07) is 10.6. The highest BCUT2D eigenvalue weighted by Crippen LogP contribution is 2.25. The fraction of sp³-hybridized carbons (Fsp3) is 0.235. The van der Waals surface area contributed by atoms with E-state index in [0.717, 1.165) is 11.4 Å². The van der Waals surface area contributed by atoms with Crippen molar-refractivity contribution in [2.24, 2.45) is 5.10 Å². The summed E-state index contributed by atoms with van der Waals surface area (Å²) < 4.78 is 0. The number of hydrogen-bond donors (Lipinski definition) is 2. The Balaban J connectivity index is 2.12. The van der Waals surface area contributed by atoms with E-state index in [9.17, 15) is 4.79 Å². The third-order valence-corrected chi connectivity index (χ3v) is 3.82. The maximum atomic E-state index is 10.6. The van der Waals surface area contributed by atoms with E-state index in [-0.39, 0.29) is 6.42 Å². The average Bonchev–Trinajstić information content (AvgIpc) is 2.57. The van der Waals surface area contributed by atoms with Gasteiger partial charge < -0.3 is 5.11 Å². The van der Waals surface area contributed by atoms with Gasteiger partial charge in [0.2, 0.25) is 0 Å². The first-order valence-corrected chi connectivity index (χ1v) is 8.22. The molecule has 0 saturated heterocycles. The van der Waals surface area contributed by atoms with Gasteiger partial charge in [0.05, 0.1) is 22.1 Å². The summed E-state index contributed by atoms with van der Waals surface area (Å²) in [6.45, 7) is 0. The Hall–Kier alpha value is -2.11. The van der Waals surface area contributed by atoms with E-state index >= 15 is 0 Å². The number of rotatable bonds is 8. The third kappa shape index (κ3) is 5.83. The van der Waals surface area contributed by atoms with Crippen molar-refractivity contribution in [2.75, 3.05) is 5.43 Å². The van der Waals surface area contributed by atoms with Crippen molar-refractivity contribution in [3.8, 4) is 0 Å². The summed E-state index contributed by atoms with van der Waals surface area (Å²) in [5, 5.41) is 14.2. The van der Waals surface area contributed by atoms with Gasteiger partial charge in [0, 0.05) is 17.6 Å². The number of unbranched alkanes of at least 4 members (excludes halogenated alkanes) is 1. The molecule has 0 spiro atoms. The second kappa shape index (κ2) is 9.25. The molecule has 1 aromatic carbocycles. The zero-order valence-electron chi connectivity index (χ0n) is 12.9. The average molecular weight is 366 g/mol. The first-order chi connectivity index (χ1) is 11.6. The van der Waals surface area contributed by atoms with E-state index in [4.69, 9.17) is 28.3 Å². The van der Waals surface area contributed by atoms with Crippen molar-refractivity contribution in [1.82, 2.24) is 4.98 Å². The molecule has 2 rings (SSSR count). The number of anilines is 1. The minimum Gasteiger partial charge on any atom is -0.481 e. The summed E-state index contributed by atoms with van der Waals surface area (Å²) >= 11 is 12.1. The van der Waals surface area contributed by atoms with Crippen molar-refractivity contribution < 1.29 is 9.90 Å². The third-order valence-electron chi connectivity index (χ3n) is 3.25. The second-order valence-corrected chi connectivity index (χ2v) is 5.95. The summed E-state index contributed by atoms with van der Waals surface area (Å²) in [5.74, 6) is -0.796. The zero-order chi connectivity index (χ0) is 17.4. The van der Waals surface area contributed by atoms with Gasteiger partial charge in [0.1, 0.15) is 0 Å². The summed E-state index contributed by atoms with van der Waals surface area (Å²) in [4.78, 5) is 14.9. The Bertz CT molecular complexity index is 721. The van der Waals surface area contributed by atoms with Crippen molar-refractivity contribution in [3.63, 3.8) is 0 Å². The normalized spacial score (nSPS) is 11.3. The van der Waals surface area contributed by atoms with Crippen molar-refractivity contribution in [1.29, 1.82) is 0 Å². The van der Waals surface area contributed by atoms with E-state index in [2.05, 4.69) is 15.5 Å². The van der Waals surface area contributed by atoms with Gasteiger partial charge >= 0.3 is 5.97 Å². The van der Waals surface area contributed by atoms with Crippen LogP contribution in [0, 0.1) is 0 Å². The van der Waals surface area contributed by atoms with Gasteiger partial charge in [-0.25, -0.2) is 0 Å². The Morgan fingerprint density at radius 2 is 1.96 bits per heavy atom. The molecule has 0 saturated carbocycles. The minimum atomic E-state index is -0.796. The molecule has 0 radical (unpaired) electrons. The van der Waals surface area contributed by atoms with Crippen LogP contribution in [-0.4, -0.2) is 21.8 Å². The van der Waals surface area contributed by atoms with Gasteiger partial charge in [0.25, 0.3) is 0 Å². The molecule has 0 fully saturated rings. The molecule has 0 amide bonds. The zero-order valence-corrected chi connectivity index (χ0v) is 14.4. The number of hydrogen-bond acceptors (Lipinski definition) is 4. The van der Waals surface area contributed by atoms with Crippen LogP contribution in [-0.2, 0) is 4.79 Å². The smallest absolute Gasteiger partial charge is 0.303 e. The largest absolute Gasteiger partial charge is 0.481 e. The lowest BCUT2D eigenvalue weighted by molar-refractivity contribution is -0.137. The minimum absolute atomic E-state index is 0.142. The molecule has 1 aromatic heterocycles. The summed E-state index contributed by atoms with van der Waals surface area (Å²) in [7, 11) is 0. The van der Waals surface area contributed by atoms with Gasteiger partial charge in [0.15, 0.2) is 0 Å². The Morgan fingerprint density at radius 1 is 1.17 bits per heavy atom. The number of carbonyl (C=O) groups is 1. The first-order valence-electron chi connectivity index (χ1n) is 7.47. The van der Waals surface area contributed by atoms with Crippen LogP contribution in [0.15, 0.2) is 47.7 Å². The molecule has 0 bridgehead atoms. The number of nitrogens with zero attached hydrogens (tertiary/aromatic N) is 2. The van der Waals surface area contributed by atoms with E-state index in [1.165, 1.54) is 0 Å². The highest BCUT2D eigenvalue weighted by Gasteiger charge is 2.07. The quantitative estimate of drug-likeness (QED) is 0.398. The lowest BCUT2D eigenvalue weighted by Gasteiger charge is -2.08. The number of pyridine rings is 1. The predicted octanol–water partition coefficient (Wildman–Crippen LogP) is 4.85. The van der Waals surface area contributed by atoms with Crippen molar-refractivity contribution in [3.05, 3.63) is 58.3 Å². The highest BCUT2D eigenvalue weighted by atomic mass is 35.5. The topological polar surface area (TPSA) is 74.6 Å². The fourth-order valence-corrected chi connectivity index (χ4v) is 2.39. The molecule has 0 aliphatic carbocycles. The SMILES string of the molecule is O=C(O)CCCC/C(=N/Nc1cc(Cl)ccc1Cl)c1ccccn1. The summed E-state index contributed by atoms with van der Waals surface area (Å²) in [5.41, 5.74) is 4.99. The maximum absolute atomic E-state index is 10.6. The number of carboxylic acid groups (broad SMARTS) is 1. The number of benzene rings is 1. The molecule has 0 aliphatic heterocycles. The highest BCUT2D eigenvalue weighted by molar-refractivity contribution is 6.35. The van der Waals surface area contributed by atoms with Crippen LogP contribution in [0.25, 0.3) is 0 Å². The van der Waals surface area contributed by atoms with Crippen LogP contribution in [0.4, 0.5) is 5.69 Å². The van der Waals surface area contributed by atoms with Crippen molar-refractivity contribution in [2.45, 2.75) is 25.7 Å². The standard InChI is InChI=1S/C17H17Cl2N3O2/c18-12-8-9-13(19)16(11-12)22-21-15(6-1-2-7-17(23)24)14-5-3-4-10-20-14/h3-5,8-11,22H,1-2,6-7H2,(H,23,24)/b21-15-. The van der Waals surface area contributed by atoms with Gasteiger partial charge in [-0.1, -0.05) is 29.3 Å².